The van der Waals surface area contributed by atoms with Gasteiger partial charge in [0.15, 0.2) is 0 Å². The summed E-state index contributed by atoms with van der Waals surface area (Å²) in [6.07, 6.45) is 9.16. The van der Waals surface area contributed by atoms with Gasteiger partial charge in [-0.05, 0) is 44.6 Å². The first-order valence-corrected chi connectivity index (χ1v) is 12.8. The van der Waals surface area contributed by atoms with Crippen molar-refractivity contribution in [1.29, 1.82) is 0 Å². The van der Waals surface area contributed by atoms with Gasteiger partial charge in [0.05, 0.1) is 12.6 Å². The van der Waals surface area contributed by atoms with E-state index < -0.39 is 11.5 Å². The number of rotatable bonds is 10. The van der Waals surface area contributed by atoms with E-state index >= 15 is 0 Å². The van der Waals surface area contributed by atoms with Gasteiger partial charge in [0.1, 0.15) is 6.04 Å². The standard InChI is InChI=1S/C25H47N5O3/c1-18(27-5)23(32)28-22(25(2,3)4)24(33)30-14-9-12-20(30)17-29(21(31)16-26)15-13-19-10-7-6-8-11-19/h18-20,22,27H,6-17,26H2,1-5H3,(H,28,32)/t18-,20-,22+/m0/s1. The molecule has 2 fully saturated rings. The van der Waals surface area contributed by atoms with E-state index in [9.17, 15) is 14.4 Å². The maximum Gasteiger partial charge on any atom is 0.246 e. The first-order chi connectivity index (χ1) is 15.6. The largest absolute Gasteiger partial charge is 0.342 e. The van der Waals surface area contributed by atoms with E-state index in [1.54, 1.807) is 14.0 Å². The molecule has 1 heterocycles. The summed E-state index contributed by atoms with van der Waals surface area (Å²) in [6.45, 7) is 9.57. The quantitative estimate of drug-likeness (QED) is 0.457. The normalized spacial score (nSPS) is 21.5. The number of likely N-dealkylation sites (N-methyl/N-ethyl adjacent to an activating group) is 1. The molecule has 1 saturated carbocycles. The fraction of sp³-hybridized carbons (Fsp3) is 0.880. The molecule has 2 aliphatic rings. The summed E-state index contributed by atoms with van der Waals surface area (Å²) in [4.78, 5) is 42.6. The molecule has 2 rings (SSSR count). The van der Waals surface area contributed by atoms with Crippen molar-refractivity contribution in [2.75, 3.05) is 33.2 Å². The zero-order valence-electron chi connectivity index (χ0n) is 21.5. The Morgan fingerprint density at radius 2 is 1.76 bits per heavy atom. The molecular weight excluding hydrogens is 418 g/mol. The van der Waals surface area contributed by atoms with E-state index in [2.05, 4.69) is 10.6 Å². The lowest BCUT2D eigenvalue weighted by Crippen LogP contribution is -2.59. The number of hydrogen-bond donors (Lipinski definition) is 3. The molecule has 0 radical (unpaired) electrons. The van der Waals surface area contributed by atoms with Crippen LogP contribution in [0.3, 0.4) is 0 Å². The maximum atomic E-state index is 13.6. The van der Waals surface area contributed by atoms with Gasteiger partial charge in [-0.1, -0.05) is 52.9 Å². The van der Waals surface area contributed by atoms with Crippen molar-refractivity contribution in [3.8, 4) is 0 Å². The van der Waals surface area contributed by atoms with Gasteiger partial charge < -0.3 is 26.2 Å². The summed E-state index contributed by atoms with van der Waals surface area (Å²) >= 11 is 0. The van der Waals surface area contributed by atoms with Crippen LogP contribution in [0.2, 0.25) is 0 Å². The van der Waals surface area contributed by atoms with E-state index in [4.69, 9.17) is 5.73 Å². The topological polar surface area (TPSA) is 108 Å². The monoisotopic (exact) mass is 465 g/mol. The molecule has 3 atom stereocenters. The van der Waals surface area contributed by atoms with Crippen LogP contribution in [0.4, 0.5) is 0 Å². The third-order valence-electron chi connectivity index (χ3n) is 7.38. The molecular formula is C25H47N5O3. The summed E-state index contributed by atoms with van der Waals surface area (Å²) in [6, 6.07) is -1.04. The van der Waals surface area contributed by atoms with Gasteiger partial charge in [-0.3, -0.25) is 14.4 Å². The van der Waals surface area contributed by atoms with Crippen LogP contribution < -0.4 is 16.4 Å². The van der Waals surface area contributed by atoms with Gasteiger partial charge in [0.25, 0.3) is 0 Å². The number of amides is 3. The Bertz CT molecular complexity index is 657. The fourth-order valence-electron chi connectivity index (χ4n) is 5.04. The molecule has 1 aliphatic heterocycles. The predicted octanol–water partition coefficient (Wildman–Crippen LogP) is 1.87. The molecule has 8 nitrogen and oxygen atoms in total. The summed E-state index contributed by atoms with van der Waals surface area (Å²) in [5.41, 5.74) is 5.30. The SMILES string of the molecule is CN[C@@H](C)C(=O)N[C@H](C(=O)N1CCC[C@H]1CN(CCC1CCCCC1)C(=O)CN)C(C)(C)C. The van der Waals surface area contributed by atoms with E-state index in [1.165, 1.54) is 32.1 Å². The molecule has 0 aromatic carbocycles. The van der Waals surface area contributed by atoms with E-state index in [0.717, 1.165) is 19.3 Å². The fourth-order valence-corrected chi connectivity index (χ4v) is 5.04. The van der Waals surface area contributed by atoms with E-state index in [0.29, 0.717) is 25.6 Å². The van der Waals surface area contributed by atoms with Crippen LogP contribution in [0.15, 0.2) is 0 Å². The number of nitrogens with two attached hydrogens (primary N) is 1. The zero-order valence-corrected chi connectivity index (χ0v) is 21.5. The Balaban J connectivity index is 2.08. The van der Waals surface area contributed by atoms with Crippen LogP contribution in [0.25, 0.3) is 0 Å². The molecule has 0 aromatic heterocycles. The van der Waals surface area contributed by atoms with Crippen molar-refractivity contribution in [3.63, 3.8) is 0 Å². The molecule has 190 valence electrons. The molecule has 4 N–H and O–H groups in total. The van der Waals surface area contributed by atoms with Crippen LogP contribution >= 0.6 is 0 Å². The highest BCUT2D eigenvalue weighted by molar-refractivity contribution is 5.90. The highest BCUT2D eigenvalue weighted by Gasteiger charge is 2.40. The van der Waals surface area contributed by atoms with Crippen LogP contribution in [0.1, 0.15) is 79.1 Å². The Hall–Kier alpha value is -1.67. The molecule has 0 unspecified atom stereocenters. The van der Waals surface area contributed by atoms with Crippen molar-refractivity contribution in [3.05, 3.63) is 0 Å². The Kier molecular flexibility index (Phi) is 10.6. The average molecular weight is 466 g/mol. The second-order valence-electron chi connectivity index (χ2n) is 11.0. The molecule has 0 bridgehead atoms. The lowest BCUT2D eigenvalue weighted by Gasteiger charge is -2.38. The highest BCUT2D eigenvalue weighted by atomic mass is 16.2. The third-order valence-corrected chi connectivity index (χ3v) is 7.38. The average Bonchev–Trinajstić information content (AvgIpc) is 3.26. The predicted molar refractivity (Wildman–Crippen MR) is 131 cm³/mol. The van der Waals surface area contributed by atoms with Crippen LogP contribution in [-0.4, -0.2) is 78.9 Å². The molecule has 8 heteroatoms. The number of hydrogen-bond acceptors (Lipinski definition) is 5. The Morgan fingerprint density at radius 1 is 1.09 bits per heavy atom. The molecule has 1 saturated heterocycles. The van der Waals surface area contributed by atoms with Crippen LogP contribution in [0.5, 0.6) is 0 Å². The van der Waals surface area contributed by atoms with Gasteiger partial charge in [-0.2, -0.15) is 0 Å². The zero-order chi connectivity index (χ0) is 24.6. The molecule has 1 aliphatic carbocycles. The summed E-state index contributed by atoms with van der Waals surface area (Å²) < 4.78 is 0. The van der Waals surface area contributed by atoms with E-state index in [-0.39, 0.29) is 36.3 Å². The minimum Gasteiger partial charge on any atom is -0.342 e. The lowest BCUT2D eigenvalue weighted by atomic mass is 9.85. The van der Waals surface area contributed by atoms with Crippen LogP contribution in [-0.2, 0) is 14.4 Å². The molecule has 3 amide bonds. The second-order valence-corrected chi connectivity index (χ2v) is 11.0. The molecule has 0 spiro atoms. The van der Waals surface area contributed by atoms with Crippen molar-refractivity contribution < 1.29 is 14.4 Å². The summed E-state index contributed by atoms with van der Waals surface area (Å²) in [5.74, 6) is 0.388. The van der Waals surface area contributed by atoms with Crippen molar-refractivity contribution in [2.45, 2.75) is 97.2 Å². The Morgan fingerprint density at radius 3 is 2.33 bits per heavy atom. The van der Waals surface area contributed by atoms with E-state index in [1.807, 2.05) is 30.6 Å². The lowest BCUT2D eigenvalue weighted by molar-refractivity contribution is -0.142. The van der Waals surface area contributed by atoms with Gasteiger partial charge in [-0.15, -0.1) is 0 Å². The maximum absolute atomic E-state index is 13.6. The highest BCUT2D eigenvalue weighted by Crippen LogP contribution is 2.28. The number of likely N-dealkylation sites (tertiary alicyclic amines) is 1. The Labute approximate surface area is 200 Å². The number of carbonyl (C=O) groups is 3. The number of nitrogens with zero attached hydrogens (tertiary/aromatic N) is 2. The third kappa shape index (κ3) is 7.95. The number of carbonyl (C=O) groups excluding carboxylic acids is 3. The van der Waals surface area contributed by atoms with Gasteiger partial charge in [0.2, 0.25) is 17.7 Å². The molecule has 0 aromatic rings. The first kappa shape index (κ1) is 27.6. The van der Waals surface area contributed by atoms with Gasteiger partial charge in [-0.25, -0.2) is 0 Å². The van der Waals surface area contributed by atoms with Gasteiger partial charge >= 0.3 is 0 Å². The van der Waals surface area contributed by atoms with Crippen molar-refractivity contribution in [2.24, 2.45) is 17.1 Å². The smallest absolute Gasteiger partial charge is 0.246 e. The van der Waals surface area contributed by atoms with Crippen molar-refractivity contribution in [1.82, 2.24) is 20.4 Å². The van der Waals surface area contributed by atoms with Crippen LogP contribution in [0, 0.1) is 11.3 Å². The second kappa shape index (κ2) is 12.7. The summed E-state index contributed by atoms with van der Waals surface area (Å²) in [7, 11) is 1.73. The molecule has 33 heavy (non-hydrogen) atoms. The number of nitrogens with one attached hydrogen (secondary N) is 2. The first-order valence-electron chi connectivity index (χ1n) is 12.8. The minimum atomic E-state index is -0.623. The summed E-state index contributed by atoms with van der Waals surface area (Å²) in [5, 5.41) is 5.90. The minimum absolute atomic E-state index is 0.00604. The van der Waals surface area contributed by atoms with Crippen molar-refractivity contribution >= 4 is 17.7 Å². The van der Waals surface area contributed by atoms with Gasteiger partial charge in [0, 0.05) is 25.7 Å².